The molecule has 0 aromatic heterocycles. The third-order valence-corrected chi connectivity index (χ3v) is 2.36. The van der Waals surface area contributed by atoms with E-state index in [9.17, 15) is 4.79 Å². The topological polar surface area (TPSA) is 44.8 Å². The van der Waals surface area contributed by atoms with Crippen molar-refractivity contribution in [3.8, 4) is 0 Å². The third-order valence-electron chi connectivity index (χ3n) is 2.36. The molecule has 0 aliphatic carbocycles. The molecule has 0 unspecified atom stereocenters. The Kier molecular flexibility index (Phi) is 7.64. The van der Waals surface area contributed by atoms with E-state index in [0.29, 0.717) is 19.8 Å². The van der Waals surface area contributed by atoms with Gasteiger partial charge in [0.15, 0.2) is 0 Å². The minimum atomic E-state index is -0.411. The van der Waals surface area contributed by atoms with Gasteiger partial charge in [0.1, 0.15) is 13.2 Å². The minimum Gasteiger partial charge on any atom is -0.499 e. The molecule has 0 amide bonds. The smallest absolute Gasteiger partial charge is 0.311 e. The number of hydrogen-bond acceptors (Lipinski definition) is 4. The van der Waals surface area contributed by atoms with E-state index in [0.717, 1.165) is 6.42 Å². The molecule has 0 aromatic rings. The predicted molar refractivity (Wildman–Crippen MR) is 62.0 cm³/mol. The van der Waals surface area contributed by atoms with E-state index in [4.69, 9.17) is 14.2 Å². The maximum atomic E-state index is 11.5. The summed E-state index contributed by atoms with van der Waals surface area (Å²) < 4.78 is 15.1. The first kappa shape index (κ1) is 15.0. The van der Waals surface area contributed by atoms with Crippen LogP contribution < -0.4 is 0 Å². The Morgan fingerprint density at radius 2 is 1.88 bits per heavy atom. The molecule has 0 aromatic carbocycles. The summed E-state index contributed by atoms with van der Waals surface area (Å²) in [6.45, 7) is 10.7. The highest BCUT2D eigenvalue weighted by atomic mass is 16.6. The first-order valence-electron chi connectivity index (χ1n) is 5.52. The molecule has 4 heteroatoms. The molecule has 0 aliphatic heterocycles. The van der Waals surface area contributed by atoms with E-state index < -0.39 is 5.41 Å². The number of hydrogen-bond donors (Lipinski definition) is 0. The molecule has 94 valence electrons. The number of ether oxygens (including phenoxy) is 3. The van der Waals surface area contributed by atoms with Gasteiger partial charge in [0.2, 0.25) is 0 Å². The van der Waals surface area contributed by atoms with Crippen molar-refractivity contribution in [2.45, 2.75) is 27.2 Å². The van der Waals surface area contributed by atoms with E-state index in [2.05, 4.69) is 6.58 Å². The van der Waals surface area contributed by atoms with Gasteiger partial charge in [-0.25, -0.2) is 0 Å². The number of rotatable bonds is 9. The Hall–Kier alpha value is -1.03. The zero-order valence-electron chi connectivity index (χ0n) is 10.5. The summed E-state index contributed by atoms with van der Waals surface area (Å²) in [6, 6.07) is 0. The van der Waals surface area contributed by atoms with Crippen LogP contribution in [0.4, 0.5) is 0 Å². The standard InChI is InChI=1S/C12H22O4/c1-5-12(3,4)11(13)16-10-9-15-8-7-14-6-2/h6H,2,5,7-10H2,1,3-4H3. The van der Waals surface area contributed by atoms with Crippen LogP contribution in [0.3, 0.4) is 0 Å². The molecule has 0 atom stereocenters. The second-order valence-corrected chi connectivity index (χ2v) is 4.02. The van der Waals surface area contributed by atoms with Crippen LogP contribution in [0.1, 0.15) is 27.2 Å². The second-order valence-electron chi connectivity index (χ2n) is 4.02. The summed E-state index contributed by atoms with van der Waals surface area (Å²) in [5, 5.41) is 0. The lowest BCUT2D eigenvalue weighted by Crippen LogP contribution is -2.27. The largest absolute Gasteiger partial charge is 0.499 e. The Morgan fingerprint density at radius 3 is 2.44 bits per heavy atom. The fraction of sp³-hybridized carbons (Fsp3) is 0.750. The van der Waals surface area contributed by atoms with Crippen LogP contribution in [0.15, 0.2) is 12.8 Å². The van der Waals surface area contributed by atoms with Gasteiger partial charge in [-0.05, 0) is 20.3 Å². The lowest BCUT2D eigenvalue weighted by atomic mass is 9.91. The van der Waals surface area contributed by atoms with E-state index in [-0.39, 0.29) is 12.6 Å². The molecule has 0 heterocycles. The van der Waals surface area contributed by atoms with Gasteiger partial charge in [-0.3, -0.25) is 4.79 Å². The molecule has 0 aliphatic rings. The quantitative estimate of drug-likeness (QED) is 0.346. The summed E-state index contributed by atoms with van der Waals surface area (Å²) >= 11 is 0. The molecule has 0 radical (unpaired) electrons. The number of carbonyl (C=O) groups excluding carboxylic acids is 1. The van der Waals surface area contributed by atoms with Gasteiger partial charge in [-0.15, -0.1) is 0 Å². The normalized spacial score (nSPS) is 10.9. The van der Waals surface area contributed by atoms with Crippen LogP contribution in [0, 0.1) is 5.41 Å². The van der Waals surface area contributed by atoms with Crippen molar-refractivity contribution in [1.29, 1.82) is 0 Å². The third kappa shape index (κ3) is 6.45. The highest BCUT2D eigenvalue weighted by Crippen LogP contribution is 2.21. The van der Waals surface area contributed by atoms with Gasteiger partial charge < -0.3 is 14.2 Å². The van der Waals surface area contributed by atoms with Gasteiger partial charge in [-0.1, -0.05) is 13.5 Å². The highest BCUT2D eigenvalue weighted by Gasteiger charge is 2.26. The average Bonchev–Trinajstić information content (AvgIpc) is 2.27. The van der Waals surface area contributed by atoms with Crippen molar-refractivity contribution in [1.82, 2.24) is 0 Å². The summed E-state index contributed by atoms with van der Waals surface area (Å²) in [6.07, 6.45) is 2.13. The number of carbonyl (C=O) groups is 1. The van der Waals surface area contributed by atoms with Gasteiger partial charge in [0, 0.05) is 0 Å². The second kappa shape index (κ2) is 8.16. The lowest BCUT2D eigenvalue weighted by Gasteiger charge is -2.20. The van der Waals surface area contributed by atoms with Crippen LogP contribution in [0.5, 0.6) is 0 Å². The highest BCUT2D eigenvalue weighted by molar-refractivity contribution is 5.75. The molecular weight excluding hydrogens is 208 g/mol. The van der Waals surface area contributed by atoms with Crippen molar-refractivity contribution < 1.29 is 19.0 Å². The molecule has 0 fully saturated rings. The SMILES string of the molecule is C=COCCOCCOC(=O)C(C)(C)CC. The molecule has 0 bridgehead atoms. The van der Waals surface area contributed by atoms with Crippen LogP contribution in [0.2, 0.25) is 0 Å². The zero-order valence-corrected chi connectivity index (χ0v) is 10.5. The Labute approximate surface area is 97.6 Å². The Bertz CT molecular complexity index is 211. The van der Waals surface area contributed by atoms with Crippen molar-refractivity contribution in [3.05, 3.63) is 12.8 Å². The van der Waals surface area contributed by atoms with Gasteiger partial charge in [0.25, 0.3) is 0 Å². The molecule has 0 spiro atoms. The molecule has 0 saturated carbocycles. The Balaban J connectivity index is 3.45. The van der Waals surface area contributed by atoms with Crippen LogP contribution in [-0.4, -0.2) is 32.4 Å². The summed E-state index contributed by atoms with van der Waals surface area (Å²) in [7, 11) is 0. The lowest BCUT2D eigenvalue weighted by molar-refractivity contribution is -0.155. The summed E-state index contributed by atoms with van der Waals surface area (Å²) in [5.41, 5.74) is -0.411. The van der Waals surface area contributed by atoms with E-state index in [1.165, 1.54) is 6.26 Å². The van der Waals surface area contributed by atoms with Crippen molar-refractivity contribution >= 4 is 5.97 Å². The summed E-state index contributed by atoms with van der Waals surface area (Å²) in [5.74, 6) is -0.180. The first-order valence-corrected chi connectivity index (χ1v) is 5.52. The molecular formula is C12H22O4. The van der Waals surface area contributed by atoms with Crippen LogP contribution in [0.25, 0.3) is 0 Å². The monoisotopic (exact) mass is 230 g/mol. The van der Waals surface area contributed by atoms with Crippen LogP contribution in [-0.2, 0) is 19.0 Å². The van der Waals surface area contributed by atoms with Crippen molar-refractivity contribution in [3.63, 3.8) is 0 Å². The molecule has 16 heavy (non-hydrogen) atoms. The Morgan fingerprint density at radius 1 is 1.25 bits per heavy atom. The fourth-order valence-corrected chi connectivity index (χ4v) is 0.825. The van der Waals surface area contributed by atoms with E-state index in [1.807, 2.05) is 20.8 Å². The van der Waals surface area contributed by atoms with Crippen molar-refractivity contribution in [2.75, 3.05) is 26.4 Å². The maximum absolute atomic E-state index is 11.5. The predicted octanol–water partition coefficient (Wildman–Crippen LogP) is 2.14. The molecule has 0 saturated heterocycles. The maximum Gasteiger partial charge on any atom is 0.311 e. The summed E-state index contributed by atoms with van der Waals surface area (Å²) in [4.78, 5) is 11.5. The first-order chi connectivity index (χ1) is 7.54. The fourth-order valence-electron chi connectivity index (χ4n) is 0.825. The molecule has 0 rings (SSSR count). The van der Waals surface area contributed by atoms with Crippen LogP contribution >= 0.6 is 0 Å². The van der Waals surface area contributed by atoms with E-state index in [1.54, 1.807) is 0 Å². The molecule has 0 N–H and O–H groups in total. The number of esters is 1. The van der Waals surface area contributed by atoms with Gasteiger partial charge in [0.05, 0.1) is 24.9 Å². The minimum absolute atomic E-state index is 0.180. The molecule has 4 nitrogen and oxygen atoms in total. The van der Waals surface area contributed by atoms with Gasteiger partial charge >= 0.3 is 5.97 Å². The average molecular weight is 230 g/mol. The zero-order chi connectivity index (χ0) is 12.4. The van der Waals surface area contributed by atoms with Crippen molar-refractivity contribution in [2.24, 2.45) is 5.41 Å². The van der Waals surface area contributed by atoms with Gasteiger partial charge in [-0.2, -0.15) is 0 Å². The van der Waals surface area contributed by atoms with E-state index >= 15 is 0 Å².